The van der Waals surface area contributed by atoms with Crippen molar-refractivity contribution in [3.05, 3.63) is 0 Å². The highest BCUT2D eigenvalue weighted by molar-refractivity contribution is 5.70. The van der Waals surface area contributed by atoms with E-state index in [1.54, 1.807) is 7.11 Å². The van der Waals surface area contributed by atoms with Crippen LogP contribution in [0.25, 0.3) is 0 Å². The van der Waals surface area contributed by atoms with Crippen molar-refractivity contribution in [2.45, 2.75) is 31.8 Å². The van der Waals surface area contributed by atoms with E-state index in [0.717, 1.165) is 19.3 Å². The summed E-state index contributed by atoms with van der Waals surface area (Å²) in [5, 5.41) is 8.70. The Bertz CT molecular complexity index is 144. The van der Waals surface area contributed by atoms with Gasteiger partial charge >= 0.3 is 5.97 Å². The second-order valence-electron chi connectivity index (χ2n) is 3.06. The van der Waals surface area contributed by atoms with Gasteiger partial charge in [0.2, 0.25) is 0 Å². The van der Waals surface area contributed by atoms with Crippen LogP contribution in [-0.4, -0.2) is 24.3 Å². The third-order valence-electron chi connectivity index (χ3n) is 2.31. The number of ether oxygens (including phenoxy) is 1. The first-order valence-electron chi connectivity index (χ1n) is 3.99. The minimum Gasteiger partial charge on any atom is -0.481 e. The summed E-state index contributed by atoms with van der Waals surface area (Å²) in [5.74, 6) is -0.847. The maximum Gasteiger partial charge on any atom is 0.306 e. The molecule has 1 N–H and O–H groups in total. The molecule has 1 aliphatic rings. The zero-order valence-electron chi connectivity index (χ0n) is 6.75. The lowest BCUT2D eigenvalue weighted by Gasteiger charge is -2.25. The summed E-state index contributed by atoms with van der Waals surface area (Å²) in [5.41, 5.74) is 0. The zero-order chi connectivity index (χ0) is 8.27. The highest BCUT2D eigenvalue weighted by atomic mass is 16.5. The van der Waals surface area contributed by atoms with E-state index >= 15 is 0 Å². The van der Waals surface area contributed by atoms with Gasteiger partial charge in [0.1, 0.15) is 0 Å². The van der Waals surface area contributed by atoms with Crippen molar-refractivity contribution in [3.8, 4) is 0 Å². The lowest BCUT2D eigenvalue weighted by atomic mass is 9.87. The van der Waals surface area contributed by atoms with Gasteiger partial charge in [-0.3, -0.25) is 4.79 Å². The fraction of sp³-hybridized carbons (Fsp3) is 0.875. The molecule has 0 aromatic rings. The molecule has 0 bridgehead atoms. The fourth-order valence-electron chi connectivity index (χ4n) is 1.58. The van der Waals surface area contributed by atoms with Crippen LogP contribution < -0.4 is 0 Å². The van der Waals surface area contributed by atoms with Crippen molar-refractivity contribution >= 4 is 5.97 Å². The first-order valence-corrected chi connectivity index (χ1v) is 3.99. The molecule has 0 saturated heterocycles. The molecule has 1 fully saturated rings. The molecule has 0 amide bonds. The van der Waals surface area contributed by atoms with Gasteiger partial charge in [-0.1, -0.05) is 6.42 Å². The van der Waals surface area contributed by atoms with Crippen LogP contribution >= 0.6 is 0 Å². The van der Waals surface area contributed by atoms with Crippen LogP contribution in [0, 0.1) is 5.92 Å². The van der Waals surface area contributed by atoms with Gasteiger partial charge in [0.15, 0.2) is 0 Å². The molecule has 1 rings (SSSR count). The molecule has 0 aliphatic heterocycles. The van der Waals surface area contributed by atoms with Crippen molar-refractivity contribution in [3.63, 3.8) is 0 Å². The number of carboxylic acids is 1. The molecular formula is C8H14O3. The van der Waals surface area contributed by atoms with Gasteiger partial charge in [0, 0.05) is 7.11 Å². The Morgan fingerprint density at radius 3 is 2.82 bits per heavy atom. The monoisotopic (exact) mass is 158 g/mol. The van der Waals surface area contributed by atoms with Crippen molar-refractivity contribution in [2.24, 2.45) is 5.92 Å². The number of aliphatic carboxylic acids is 1. The Balaban J connectivity index is 2.39. The number of hydrogen-bond acceptors (Lipinski definition) is 2. The number of carboxylic acid groups (broad SMARTS) is 1. The second-order valence-corrected chi connectivity index (χ2v) is 3.06. The lowest BCUT2D eigenvalue weighted by molar-refractivity contribution is -0.144. The maximum absolute atomic E-state index is 10.6. The molecule has 3 nitrogen and oxygen atoms in total. The van der Waals surface area contributed by atoms with Gasteiger partial charge in [-0.05, 0) is 19.3 Å². The predicted octanol–water partition coefficient (Wildman–Crippen LogP) is 1.28. The Hall–Kier alpha value is -0.570. The molecule has 1 aliphatic carbocycles. The summed E-state index contributed by atoms with van der Waals surface area (Å²) in [6.45, 7) is 0. The van der Waals surface area contributed by atoms with E-state index in [9.17, 15) is 4.79 Å². The summed E-state index contributed by atoms with van der Waals surface area (Å²) in [4.78, 5) is 10.6. The van der Waals surface area contributed by atoms with Crippen molar-refractivity contribution in [2.75, 3.05) is 7.11 Å². The van der Waals surface area contributed by atoms with Crippen molar-refractivity contribution in [1.82, 2.24) is 0 Å². The van der Waals surface area contributed by atoms with Crippen LogP contribution in [0.1, 0.15) is 25.7 Å². The number of rotatable bonds is 2. The first kappa shape index (κ1) is 8.53. The summed E-state index contributed by atoms with van der Waals surface area (Å²) in [6, 6.07) is 0. The fourth-order valence-corrected chi connectivity index (χ4v) is 1.58. The van der Waals surface area contributed by atoms with Gasteiger partial charge in [-0.15, -0.1) is 0 Å². The van der Waals surface area contributed by atoms with Crippen LogP contribution in [-0.2, 0) is 9.53 Å². The SMILES string of the molecule is COC1CCCC(C(=O)O)C1. The highest BCUT2D eigenvalue weighted by Crippen LogP contribution is 2.25. The lowest BCUT2D eigenvalue weighted by Crippen LogP contribution is -2.26. The summed E-state index contributed by atoms with van der Waals surface area (Å²) in [6.07, 6.45) is 3.67. The van der Waals surface area contributed by atoms with Gasteiger partial charge in [0.05, 0.1) is 12.0 Å². The van der Waals surface area contributed by atoms with Crippen molar-refractivity contribution < 1.29 is 14.6 Å². The Kier molecular flexibility index (Phi) is 2.88. The summed E-state index contributed by atoms with van der Waals surface area (Å²) in [7, 11) is 1.65. The largest absolute Gasteiger partial charge is 0.481 e. The minimum absolute atomic E-state index is 0.171. The van der Waals surface area contributed by atoms with Gasteiger partial charge in [-0.2, -0.15) is 0 Å². The molecule has 64 valence electrons. The Morgan fingerprint density at radius 2 is 2.27 bits per heavy atom. The zero-order valence-corrected chi connectivity index (χ0v) is 6.75. The number of methoxy groups -OCH3 is 1. The molecule has 0 aromatic heterocycles. The minimum atomic E-state index is -0.674. The smallest absolute Gasteiger partial charge is 0.306 e. The van der Waals surface area contributed by atoms with Crippen LogP contribution in [0.5, 0.6) is 0 Å². The molecule has 0 spiro atoms. The number of carbonyl (C=O) groups is 1. The van der Waals surface area contributed by atoms with Gasteiger partial charge in [0.25, 0.3) is 0 Å². The molecular weight excluding hydrogens is 144 g/mol. The third kappa shape index (κ3) is 2.19. The molecule has 3 heteroatoms. The van der Waals surface area contributed by atoms with Crippen LogP contribution in [0.2, 0.25) is 0 Å². The normalized spacial score (nSPS) is 31.7. The van der Waals surface area contributed by atoms with Gasteiger partial charge in [-0.25, -0.2) is 0 Å². The van der Waals surface area contributed by atoms with E-state index in [0.29, 0.717) is 6.42 Å². The van der Waals surface area contributed by atoms with Crippen LogP contribution in [0.3, 0.4) is 0 Å². The van der Waals surface area contributed by atoms with Crippen molar-refractivity contribution in [1.29, 1.82) is 0 Å². The Labute approximate surface area is 66.4 Å². The molecule has 2 unspecified atom stereocenters. The average molecular weight is 158 g/mol. The van der Waals surface area contributed by atoms with Gasteiger partial charge < -0.3 is 9.84 Å². The van der Waals surface area contributed by atoms with E-state index in [2.05, 4.69) is 0 Å². The summed E-state index contributed by atoms with van der Waals surface area (Å²) < 4.78 is 5.11. The number of hydrogen-bond donors (Lipinski definition) is 1. The highest BCUT2D eigenvalue weighted by Gasteiger charge is 2.26. The molecule has 0 radical (unpaired) electrons. The molecule has 0 heterocycles. The van der Waals surface area contributed by atoms with Crippen LogP contribution in [0.15, 0.2) is 0 Å². The molecule has 0 aromatic carbocycles. The average Bonchev–Trinajstić information content (AvgIpc) is 2.05. The standard InChI is InChI=1S/C8H14O3/c1-11-7-4-2-3-6(5-7)8(9)10/h6-7H,2-5H2,1H3,(H,9,10). The predicted molar refractivity (Wildman–Crippen MR) is 40.4 cm³/mol. The Morgan fingerprint density at radius 1 is 1.55 bits per heavy atom. The topological polar surface area (TPSA) is 46.5 Å². The molecule has 11 heavy (non-hydrogen) atoms. The molecule has 2 atom stereocenters. The first-order chi connectivity index (χ1) is 5.24. The third-order valence-corrected chi connectivity index (χ3v) is 2.31. The quantitative estimate of drug-likeness (QED) is 0.658. The van der Waals surface area contributed by atoms with E-state index in [1.165, 1.54) is 0 Å². The van der Waals surface area contributed by atoms with Crippen LogP contribution in [0.4, 0.5) is 0 Å². The maximum atomic E-state index is 10.6. The summed E-state index contributed by atoms with van der Waals surface area (Å²) >= 11 is 0. The van der Waals surface area contributed by atoms with E-state index < -0.39 is 5.97 Å². The van der Waals surface area contributed by atoms with E-state index in [4.69, 9.17) is 9.84 Å². The second kappa shape index (κ2) is 3.72. The van der Waals surface area contributed by atoms with E-state index in [1.807, 2.05) is 0 Å². The molecule has 1 saturated carbocycles. The van der Waals surface area contributed by atoms with E-state index in [-0.39, 0.29) is 12.0 Å².